The topological polar surface area (TPSA) is 76.1 Å². The summed E-state index contributed by atoms with van der Waals surface area (Å²) in [6, 6.07) is 9.11. The zero-order valence-corrected chi connectivity index (χ0v) is 13.8. The van der Waals surface area contributed by atoms with E-state index in [-0.39, 0.29) is 5.69 Å². The lowest BCUT2D eigenvalue weighted by molar-refractivity contribution is -0.137. The average Bonchev–Trinajstić information content (AvgIpc) is 2.92. The molecule has 1 aromatic heterocycles. The molecule has 0 fully saturated rings. The van der Waals surface area contributed by atoms with Gasteiger partial charge < -0.3 is 5.32 Å². The van der Waals surface area contributed by atoms with Crippen LogP contribution in [0, 0.1) is 0 Å². The third-order valence-electron chi connectivity index (χ3n) is 2.78. The minimum atomic E-state index is -4.58. The number of nitrogens with zero attached hydrogens (tertiary/aromatic N) is 1. The highest BCUT2D eigenvalue weighted by molar-refractivity contribution is 7.91. The van der Waals surface area contributed by atoms with Crippen molar-refractivity contribution in [2.24, 2.45) is 0 Å². The van der Waals surface area contributed by atoms with E-state index < -0.39 is 40.0 Å². The number of benzene rings is 1. The van der Waals surface area contributed by atoms with Crippen molar-refractivity contribution in [2.75, 3.05) is 12.3 Å². The number of rotatable bonds is 6. The summed E-state index contributed by atoms with van der Waals surface area (Å²) in [5.74, 6) is -2.71. The van der Waals surface area contributed by atoms with Crippen molar-refractivity contribution in [1.82, 2.24) is 10.3 Å². The second-order valence-corrected chi connectivity index (χ2v) is 7.86. The Morgan fingerprint density at radius 2 is 1.88 bits per heavy atom. The molecule has 0 spiro atoms. The standard InChI is InChI=1S/C14H13F3N2O3S2/c15-14(16,17)9-18-12(20)8-24(21,22)7-11-6-23-13(19-11)10-4-2-1-3-5-10/h1-6H,7-9H2,(H,18,20). The summed E-state index contributed by atoms with van der Waals surface area (Å²) in [4.78, 5) is 15.5. The van der Waals surface area contributed by atoms with Crippen LogP contribution in [-0.2, 0) is 20.4 Å². The molecule has 0 aliphatic heterocycles. The monoisotopic (exact) mass is 378 g/mol. The number of sulfone groups is 1. The van der Waals surface area contributed by atoms with Crippen LogP contribution in [0.5, 0.6) is 0 Å². The maximum Gasteiger partial charge on any atom is 0.405 e. The highest BCUT2D eigenvalue weighted by Crippen LogP contribution is 2.24. The van der Waals surface area contributed by atoms with Crippen LogP contribution in [0.25, 0.3) is 10.6 Å². The van der Waals surface area contributed by atoms with E-state index in [0.717, 1.165) is 5.56 Å². The lowest BCUT2D eigenvalue weighted by Gasteiger charge is -2.08. The van der Waals surface area contributed by atoms with Crippen LogP contribution in [0.4, 0.5) is 13.2 Å². The number of amides is 1. The minimum absolute atomic E-state index is 0.252. The second-order valence-electron chi connectivity index (χ2n) is 4.93. The predicted molar refractivity (Wildman–Crippen MR) is 84.1 cm³/mol. The lowest BCUT2D eigenvalue weighted by Crippen LogP contribution is -2.37. The fourth-order valence-corrected chi connectivity index (χ4v) is 3.95. The normalized spacial score (nSPS) is 12.1. The molecule has 0 aliphatic rings. The van der Waals surface area contributed by atoms with Crippen LogP contribution in [-0.4, -0.2) is 37.8 Å². The highest BCUT2D eigenvalue weighted by Gasteiger charge is 2.29. The van der Waals surface area contributed by atoms with E-state index in [1.807, 2.05) is 30.3 Å². The molecule has 5 nitrogen and oxygen atoms in total. The number of carbonyl (C=O) groups is 1. The molecule has 0 atom stereocenters. The number of carbonyl (C=O) groups excluding carboxylic acids is 1. The number of aromatic nitrogens is 1. The van der Waals surface area contributed by atoms with Gasteiger partial charge in [0.25, 0.3) is 0 Å². The molecule has 1 aromatic carbocycles. The Labute approximate surface area is 140 Å². The van der Waals surface area contributed by atoms with Crippen molar-refractivity contribution in [3.8, 4) is 10.6 Å². The van der Waals surface area contributed by atoms with Gasteiger partial charge >= 0.3 is 6.18 Å². The SMILES string of the molecule is O=C(CS(=O)(=O)Cc1csc(-c2ccccc2)n1)NCC(F)(F)F. The Hall–Kier alpha value is -1.94. The van der Waals surface area contributed by atoms with E-state index in [1.165, 1.54) is 16.7 Å². The maximum absolute atomic E-state index is 12.0. The first-order chi connectivity index (χ1) is 11.1. The smallest absolute Gasteiger partial charge is 0.346 e. The van der Waals surface area contributed by atoms with Gasteiger partial charge in [0, 0.05) is 10.9 Å². The summed E-state index contributed by atoms with van der Waals surface area (Å²) in [6.07, 6.45) is -4.58. The first kappa shape index (κ1) is 18.4. The van der Waals surface area contributed by atoms with E-state index in [1.54, 1.807) is 5.38 Å². The highest BCUT2D eigenvalue weighted by atomic mass is 32.2. The van der Waals surface area contributed by atoms with E-state index in [2.05, 4.69) is 4.98 Å². The molecule has 130 valence electrons. The summed E-state index contributed by atoms with van der Waals surface area (Å²) in [6.45, 7) is -1.56. The van der Waals surface area contributed by atoms with Crippen molar-refractivity contribution in [2.45, 2.75) is 11.9 Å². The Balaban J connectivity index is 1.97. The predicted octanol–water partition coefficient (Wildman–Crippen LogP) is 2.40. The molecule has 1 N–H and O–H groups in total. The van der Waals surface area contributed by atoms with Crippen molar-refractivity contribution < 1.29 is 26.4 Å². The average molecular weight is 378 g/mol. The Morgan fingerprint density at radius 3 is 2.50 bits per heavy atom. The molecular weight excluding hydrogens is 365 g/mol. The Morgan fingerprint density at radius 1 is 1.21 bits per heavy atom. The van der Waals surface area contributed by atoms with Crippen LogP contribution >= 0.6 is 11.3 Å². The largest absolute Gasteiger partial charge is 0.405 e. The molecule has 10 heteroatoms. The molecule has 0 radical (unpaired) electrons. The number of hydrogen-bond donors (Lipinski definition) is 1. The van der Waals surface area contributed by atoms with Crippen molar-refractivity contribution >= 4 is 27.1 Å². The van der Waals surface area contributed by atoms with Gasteiger partial charge in [-0.3, -0.25) is 4.79 Å². The van der Waals surface area contributed by atoms with Gasteiger partial charge in [-0.25, -0.2) is 13.4 Å². The molecular formula is C14H13F3N2O3S2. The van der Waals surface area contributed by atoms with E-state index in [9.17, 15) is 26.4 Å². The number of halogens is 3. The third kappa shape index (κ3) is 5.93. The van der Waals surface area contributed by atoms with Crippen LogP contribution in [0.3, 0.4) is 0 Å². The maximum atomic E-state index is 12.0. The number of thiazole rings is 1. The van der Waals surface area contributed by atoms with Crippen molar-refractivity contribution in [3.63, 3.8) is 0 Å². The van der Waals surface area contributed by atoms with Gasteiger partial charge in [0.1, 0.15) is 17.3 Å². The molecule has 2 aromatic rings. The molecule has 0 aliphatic carbocycles. The fraction of sp³-hybridized carbons (Fsp3) is 0.286. The third-order valence-corrected chi connectivity index (χ3v) is 5.16. The Bertz CT molecular complexity index is 802. The van der Waals surface area contributed by atoms with Gasteiger partial charge in [0.15, 0.2) is 9.84 Å². The number of hydrogen-bond acceptors (Lipinski definition) is 5. The van der Waals surface area contributed by atoms with Crippen LogP contribution in [0.1, 0.15) is 5.69 Å². The first-order valence-corrected chi connectivity index (χ1v) is 9.38. The van der Waals surface area contributed by atoms with Crippen LogP contribution in [0.15, 0.2) is 35.7 Å². The van der Waals surface area contributed by atoms with E-state index in [4.69, 9.17) is 0 Å². The molecule has 24 heavy (non-hydrogen) atoms. The summed E-state index contributed by atoms with van der Waals surface area (Å²) in [5, 5.41) is 3.71. The van der Waals surface area contributed by atoms with Gasteiger partial charge in [-0.15, -0.1) is 11.3 Å². The molecule has 0 unspecified atom stereocenters. The summed E-state index contributed by atoms with van der Waals surface area (Å²) >= 11 is 1.25. The van der Waals surface area contributed by atoms with Crippen molar-refractivity contribution in [1.29, 1.82) is 0 Å². The van der Waals surface area contributed by atoms with Crippen LogP contribution < -0.4 is 5.32 Å². The summed E-state index contributed by atoms with van der Waals surface area (Å²) < 4.78 is 59.8. The van der Waals surface area contributed by atoms with Gasteiger partial charge in [0.2, 0.25) is 5.91 Å². The zero-order chi connectivity index (χ0) is 17.8. The molecule has 2 rings (SSSR count). The van der Waals surface area contributed by atoms with Crippen molar-refractivity contribution in [3.05, 3.63) is 41.4 Å². The molecule has 0 bridgehead atoms. The summed E-state index contributed by atoms with van der Waals surface area (Å²) in [5.41, 5.74) is 1.08. The number of alkyl halides is 3. The first-order valence-electron chi connectivity index (χ1n) is 6.68. The fourth-order valence-electron chi connectivity index (χ4n) is 1.81. The quantitative estimate of drug-likeness (QED) is 0.838. The van der Waals surface area contributed by atoms with Gasteiger partial charge in [-0.1, -0.05) is 30.3 Å². The molecule has 1 heterocycles. The van der Waals surface area contributed by atoms with Gasteiger partial charge in [-0.2, -0.15) is 13.2 Å². The van der Waals surface area contributed by atoms with E-state index in [0.29, 0.717) is 5.01 Å². The second kappa shape index (κ2) is 7.31. The van der Waals surface area contributed by atoms with Crippen LogP contribution in [0.2, 0.25) is 0 Å². The lowest BCUT2D eigenvalue weighted by atomic mass is 10.2. The number of nitrogens with one attached hydrogen (secondary N) is 1. The zero-order valence-electron chi connectivity index (χ0n) is 12.2. The molecule has 1 amide bonds. The van der Waals surface area contributed by atoms with Gasteiger partial charge in [-0.05, 0) is 0 Å². The van der Waals surface area contributed by atoms with E-state index >= 15 is 0 Å². The molecule has 0 saturated heterocycles. The summed E-state index contributed by atoms with van der Waals surface area (Å²) in [7, 11) is -3.91. The molecule has 0 saturated carbocycles. The van der Waals surface area contributed by atoms with Gasteiger partial charge in [0.05, 0.1) is 11.4 Å². The Kier molecular flexibility index (Phi) is 5.60. The minimum Gasteiger partial charge on any atom is -0.346 e.